The summed E-state index contributed by atoms with van der Waals surface area (Å²) in [5, 5.41) is 0. The molecule has 2 aliphatic rings. The van der Waals surface area contributed by atoms with E-state index in [1.54, 1.807) is 0 Å². The van der Waals surface area contributed by atoms with Crippen molar-refractivity contribution in [2.45, 2.75) is 37.6 Å². The van der Waals surface area contributed by atoms with Crippen LogP contribution in [0.25, 0.3) is 0 Å². The van der Waals surface area contributed by atoms with E-state index in [1.807, 2.05) is 6.07 Å². The van der Waals surface area contributed by atoms with Gasteiger partial charge >= 0.3 is 0 Å². The largest absolute Gasteiger partial charge is 0.338 e. The van der Waals surface area contributed by atoms with Crippen LogP contribution in [0, 0.1) is 5.92 Å². The fraction of sp³-hybridized carbons (Fsp3) is 0.562. The maximum absolute atomic E-state index is 12.6. The number of hydrogen-bond donors (Lipinski definition) is 1. The summed E-state index contributed by atoms with van der Waals surface area (Å²) < 4.78 is 0. The summed E-state index contributed by atoms with van der Waals surface area (Å²) in [4.78, 5) is 14.6. The first-order chi connectivity index (χ1) is 9.31. The van der Waals surface area contributed by atoms with Crippen LogP contribution in [0.4, 0.5) is 0 Å². The monoisotopic (exact) mass is 258 g/mol. The molecular weight excluding hydrogens is 236 g/mol. The van der Waals surface area contributed by atoms with Crippen LogP contribution in [-0.2, 0) is 4.79 Å². The minimum atomic E-state index is 0.203. The lowest BCUT2D eigenvalue weighted by atomic mass is 10.0. The molecule has 1 saturated carbocycles. The van der Waals surface area contributed by atoms with Crippen molar-refractivity contribution >= 4 is 5.91 Å². The Kier molecular flexibility index (Phi) is 3.56. The Hall–Kier alpha value is -1.35. The molecule has 3 atom stereocenters. The number of benzene rings is 1. The number of carbonyl (C=O) groups is 1. The van der Waals surface area contributed by atoms with E-state index in [4.69, 9.17) is 5.73 Å². The lowest BCUT2D eigenvalue weighted by Crippen LogP contribution is -2.48. The number of rotatable bonds is 3. The molecule has 0 aromatic heterocycles. The van der Waals surface area contributed by atoms with E-state index in [0.717, 1.165) is 25.8 Å². The molecule has 3 rings (SSSR count). The van der Waals surface area contributed by atoms with Crippen LogP contribution < -0.4 is 5.73 Å². The Labute approximate surface area is 114 Å². The highest BCUT2D eigenvalue weighted by Crippen LogP contribution is 2.48. The van der Waals surface area contributed by atoms with E-state index in [0.29, 0.717) is 18.4 Å². The van der Waals surface area contributed by atoms with Gasteiger partial charge in [0.05, 0.1) is 0 Å². The lowest BCUT2D eigenvalue weighted by Gasteiger charge is -2.35. The van der Waals surface area contributed by atoms with Gasteiger partial charge in [-0.05, 0) is 37.2 Å². The summed E-state index contributed by atoms with van der Waals surface area (Å²) in [6, 6.07) is 10.7. The molecule has 1 saturated heterocycles. The summed E-state index contributed by atoms with van der Waals surface area (Å²) in [5.74, 6) is 0.979. The van der Waals surface area contributed by atoms with Crippen molar-refractivity contribution < 1.29 is 4.79 Å². The number of likely N-dealkylation sites (tertiary alicyclic amines) is 1. The smallest absolute Gasteiger partial charge is 0.226 e. The third-order valence-electron chi connectivity index (χ3n) is 4.52. The molecule has 19 heavy (non-hydrogen) atoms. The molecule has 1 heterocycles. The zero-order valence-corrected chi connectivity index (χ0v) is 11.3. The topological polar surface area (TPSA) is 46.3 Å². The number of hydrogen-bond acceptors (Lipinski definition) is 2. The van der Waals surface area contributed by atoms with Gasteiger partial charge in [-0.3, -0.25) is 4.79 Å². The number of nitrogens with two attached hydrogens (primary N) is 1. The maximum atomic E-state index is 12.6. The molecule has 0 spiro atoms. The first-order valence-electron chi connectivity index (χ1n) is 7.36. The Bertz CT molecular complexity index is 445. The average molecular weight is 258 g/mol. The van der Waals surface area contributed by atoms with E-state index in [2.05, 4.69) is 29.2 Å². The lowest BCUT2D eigenvalue weighted by molar-refractivity contribution is -0.136. The molecule has 3 heteroatoms. The summed E-state index contributed by atoms with van der Waals surface area (Å²) in [6.45, 7) is 1.51. The van der Waals surface area contributed by atoms with E-state index in [-0.39, 0.29) is 12.0 Å². The normalized spacial score (nSPS) is 30.2. The van der Waals surface area contributed by atoms with Gasteiger partial charge < -0.3 is 10.6 Å². The van der Waals surface area contributed by atoms with Gasteiger partial charge in [0.15, 0.2) is 0 Å². The van der Waals surface area contributed by atoms with Gasteiger partial charge in [0, 0.05) is 25.0 Å². The van der Waals surface area contributed by atoms with Gasteiger partial charge in [-0.2, -0.15) is 0 Å². The molecule has 1 aromatic carbocycles. The van der Waals surface area contributed by atoms with Crippen LogP contribution in [-0.4, -0.2) is 29.9 Å². The van der Waals surface area contributed by atoms with E-state index >= 15 is 0 Å². The fourth-order valence-electron chi connectivity index (χ4n) is 3.29. The molecule has 1 amide bonds. The van der Waals surface area contributed by atoms with Crippen LogP contribution in [0.3, 0.4) is 0 Å². The second kappa shape index (κ2) is 5.33. The van der Waals surface area contributed by atoms with Crippen molar-refractivity contribution in [2.24, 2.45) is 11.7 Å². The van der Waals surface area contributed by atoms with Crippen molar-refractivity contribution in [2.75, 3.05) is 13.1 Å². The minimum Gasteiger partial charge on any atom is -0.338 e. The third-order valence-corrected chi connectivity index (χ3v) is 4.52. The van der Waals surface area contributed by atoms with Gasteiger partial charge in [-0.15, -0.1) is 0 Å². The van der Waals surface area contributed by atoms with Crippen LogP contribution in [0.2, 0.25) is 0 Å². The molecular formula is C16H22N2O. The molecule has 102 valence electrons. The predicted molar refractivity (Wildman–Crippen MR) is 75.7 cm³/mol. The van der Waals surface area contributed by atoms with Gasteiger partial charge in [0.25, 0.3) is 0 Å². The zero-order chi connectivity index (χ0) is 13.2. The Balaban J connectivity index is 1.66. The summed E-state index contributed by atoms with van der Waals surface area (Å²) in [6.07, 6.45) is 4.42. The molecule has 2 fully saturated rings. The van der Waals surface area contributed by atoms with Crippen LogP contribution >= 0.6 is 0 Å². The summed E-state index contributed by atoms with van der Waals surface area (Å²) >= 11 is 0. The standard InChI is InChI=1S/C16H22N2O/c17-11-13-8-4-5-9-18(13)16(19)15-10-14(15)12-6-2-1-3-7-12/h1-3,6-7,13-15H,4-5,8-11,17H2. The van der Waals surface area contributed by atoms with Crippen molar-refractivity contribution in [1.82, 2.24) is 4.90 Å². The number of piperidine rings is 1. The minimum absolute atomic E-state index is 0.203. The Morgan fingerprint density at radius 2 is 2.05 bits per heavy atom. The zero-order valence-electron chi connectivity index (χ0n) is 11.3. The van der Waals surface area contributed by atoms with E-state index < -0.39 is 0 Å². The highest BCUT2D eigenvalue weighted by atomic mass is 16.2. The van der Waals surface area contributed by atoms with Crippen molar-refractivity contribution in [3.8, 4) is 0 Å². The molecule has 0 radical (unpaired) electrons. The van der Waals surface area contributed by atoms with Crippen molar-refractivity contribution in [3.63, 3.8) is 0 Å². The highest BCUT2D eigenvalue weighted by Gasteiger charge is 2.46. The molecule has 0 bridgehead atoms. The van der Waals surface area contributed by atoms with Crippen LogP contribution in [0.15, 0.2) is 30.3 Å². The quantitative estimate of drug-likeness (QED) is 0.902. The third kappa shape index (κ3) is 2.52. The molecule has 3 unspecified atom stereocenters. The molecule has 3 nitrogen and oxygen atoms in total. The first-order valence-corrected chi connectivity index (χ1v) is 7.36. The Morgan fingerprint density at radius 3 is 2.79 bits per heavy atom. The number of carbonyl (C=O) groups excluding carboxylic acids is 1. The summed E-state index contributed by atoms with van der Waals surface area (Å²) in [5.41, 5.74) is 7.11. The summed E-state index contributed by atoms with van der Waals surface area (Å²) in [7, 11) is 0. The molecule has 1 aliphatic heterocycles. The second-order valence-electron chi connectivity index (χ2n) is 5.78. The van der Waals surface area contributed by atoms with Crippen molar-refractivity contribution in [3.05, 3.63) is 35.9 Å². The SMILES string of the molecule is NCC1CCCCN1C(=O)C1CC1c1ccccc1. The molecule has 1 aromatic rings. The fourth-order valence-corrected chi connectivity index (χ4v) is 3.29. The van der Waals surface area contributed by atoms with Gasteiger partial charge in [-0.1, -0.05) is 30.3 Å². The van der Waals surface area contributed by atoms with Crippen LogP contribution in [0.1, 0.15) is 37.2 Å². The van der Waals surface area contributed by atoms with Gasteiger partial charge in [0.2, 0.25) is 5.91 Å². The second-order valence-corrected chi connectivity index (χ2v) is 5.78. The first kappa shape index (κ1) is 12.7. The Morgan fingerprint density at radius 1 is 1.26 bits per heavy atom. The van der Waals surface area contributed by atoms with Crippen molar-refractivity contribution in [1.29, 1.82) is 0 Å². The maximum Gasteiger partial charge on any atom is 0.226 e. The van der Waals surface area contributed by atoms with E-state index in [1.165, 1.54) is 12.0 Å². The van der Waals surface area contributed by atoms with Gasteiger partial charge in [-0.25, -0.2) is 0 Å². The molecule has 2 N–H and O–H groups in total. The number of nitrogens with zero attached hydrogens (tertiary/aromatic N) is 1. The number of amides is 1. The molecule has 1 aliphatic carbocycles. The van der Waals surface area contributed by atoms with Crippen LogP contribution in [0.5, 0.6) is 0 Å². The predicted octanol–water partition coefficient (Wildman–Crippen LogP) is 2.13. The average Bonchev–Trinajstić information content (AvgIpc) is 3.28. The van der Waals surface area contributed by atoms with E-state index in [9.17, 15) is 4.79 Å². The van der Waals surface area contributed by atoms with Gasteiger partial charge in [0.1, 0.15) is 0 Å². The highest BCUT2D eigenvalue weighted by molar-refractivity contribution is 5.83.